The van der Waals surface area contributed by atoms with Crippen LogP contribution in [-0.4, -0.2) is 14.5 Å². The molecule has 0 aliphatic carbocycles. The topological polar surface area (TPSA) is 78.3 Å². The second-order valence-corrected chi connectivity index (χ2v) is 8.36. The van der Waals surface area contributed by atoms with Crippen LogP contribution in [0, 0.1) is 22.7 Å². The van der Waals surface area contributed by atoms with Crippen LogP contribution in [-0.2, 0) is 12.0 Å². The monoisotopic (exact) mass is 373 g/mol. The summed E-state index contributed by atoms with van der Waals surface area (Å²) in [6, 6.07) is 10.5. The van der Waals surface area contributed by atoms with E-state index in [9.17, 15) is 10.5 Å². The van der Waals surface area contributed by atoms with Gasteiger partial charge >= 0.3 is 0 Å². The maximum Gasteiger partial charge on any atom is 0.179 e. The molecule has 0 saturated heterocycles. The number of hydrogen-bond acceptors (Lipinski definition) is 4. The first-order valence-electron chi connectivity index (χ1n) is 10.1. The molecule has 2 heterocycles. The van der Waals surface area contributed by atoms with Crippen LogP contribution in [0.4, 0.5) is 0 Å². The summed E-state index contributed by atoms with van der Waals surface area (Å²) in [5, 5.41) is 19.8. The van der Waals surface area contributed by atoms with Gasteiger partial charge in [-0.25, -0.2) is 9.97 Å². The van der Waals surface area contributed by atoms with Gasteiger partial charge in [-0.1, -0.05) is 59.4 Å². The van der Waals surface area contributed by atoms with Crippen molar-refractivity contribution >= 4 is 22.1 Å². The molecule has 0 aliphatic rings. The molecule has 0 spiro atoms. The summed E-state index contributed by atoms with van der Waals surface area (Å²) in [5.74, 6) is 0. The molecule has 0 fully saturated rings. The Morgan fingerprint density at radius 1 is 0.964 bits per heavy atom. The van der Waals surface area contributed by atoms with Gasteiger partial charge in [-0.05, 0) is 29.5 Å². The molecule has 1 aromatic carbocycles. The molecule has 0 saturated carbocycles. The Labute approximate surface area is 166 Å². The number of rotatable bonds is 6. The molecule has 144 valence electrons. The van der Waals surface area contributed by atoms with Crippen molar-refractivity contribution in [3.8, 4) is 12.1 Å². The molecule has 5 heteroatoms. The van der Waals surface area contributed by atoms with Crippen LogP contribution in [0.1, 0.15) is 76.8 Å². The summed E-state index contributed by atoms with van der Waals surface area (Å²) in [5.41, 5.74) is 3.90. The van der Waals surface area contributed by atoms with Crippen LogP contribution in [0.3, 0.4) is 0 Å². The van der Waals surface area contributed by atoms with E-state index in [0.29, 0.717) is 11.2 Å². The molecule has 0 atom stereocenters. The predicted molar refractivity (Wildman–Crippen MR) is 112 cm³/mol. The summed E-state index contributed by atoms with van der Waals surface area (Å²) in [7, 11) is 0. The predicted octanol–water partition coefficient (Wildman–Crippen LogP) is 5.60. The lowest BCUT2D eigenvalue weighted by Gasteiger charge is -2.19. The van der Waals surface area contributed by atoms with E-state index in [2.05, 4.69) is 60.4 Å². The van der Waals surface area contributed by atoms with Crippen molar-refractivity contribution in [2.24, 2.45) is 0 Å². The highest BCUT2D eigenvalue weighted by molar-refractivity contribution is 6.05. The summed E-state index contributed by atoms with van der Waals surface area (Å²) in [6.45, 7) is 9.60. The third kappa shape index (κ3) is 3.71. The van der Waals surface area contributed by atoms with Gasteiger partial charge < -0.3 is 4.57 Å². The number of fused-ring (bicyclic) bond motifs is 3. The number of unbranched alkanes of at least 4 members (excludes halogenated alkanes) is 4. The quantitative estimate of drug-likeness (QED) is 0.527. The van der Waals surface area contributed by atoms with Crippen molar-refractivity contribution in [2.75, 3.05) is 0 Å². The van der Waals surface area contributed by atoms with Gasteiger partial charge in [-0.15, -0.1) is 0 Å². The van der Waals surface area contributed by atoms with E-state index < -0.39 is 0 Å². The molecular formula is C23H27N5. The molecule has 0 bridgehead atoms. The summed E-state index contributed by atoms with van der Waals surface area (Å²) < 4.78 is 2.16. The smallest absolute Gasteiger partial charge is 0.179 e. The maximum absolute atomic E-state index is 9.39. The molecule has 0 aliphatic heterocycles. The van der Waals surface area contributed by atoms with E-state index in [4.69, 9.17) is 0 Å². The van der Waals surface area contributed by atoms with Crippen LogP contribution in [0.2, 0.25) is 0 Å². The van der Waals surface area contributed by atoms with E-state index in [0.717, 1.165) is 23.9 Å². The van der Waals surface area contributed by atoms with Crippen LogP contribution >= 0.6 is 0 Å². The third-order valence-electron chi connectivity index (χ3n) is 5.24. The first-order chi connectivity index (χ1) is 13.4. The van der Waals surface area contributed by atoms with Gasteiger partial charge in [0, 0.05) is 11.9 Å². The number of nitriles is 2. The molecule has 3 aromatic rings. The highest BCUT2D eigenvalue weighted by Gasteiger charge is 2.20. The zero-order chi connectivity index (χ0) is 20.3. The van der Waals surface area contributed by atoms with Crippen molar-refractivity contribution in [3.63, 3.8) is 0 Å². The molecule has 0 amide bonds. The fraction of sp³-hybridized carbons (Fsp3) is 0.478. The lowest BCUT2D eigenvalue weighted by molar-refractivity contribution is 0.581. The second-order valence-electron chi connectivity index (χ2n) is 8.36. The van der Waals surface area contributed by atoms with Gasteiger partial charge in [0.05, 0.1) is 5.52 Å². The van der Waals surface area contributed by atoms with Crippen molar-refractivity contribution in [1.29, 1.82) is 10.5 Å². The van der Waals surface area contributed by atoms with E-state index >= 15 is 0 Å². The molecule has 28 heavy (non-hydrogen) atoms. The van der Waals surface area contributed by atoms with Crippen LogP contribution in [0.5, 0.6) is 0 Å². The van der Waals surface area contributed by atoms with Gasteiger partial charge in [0.2, 0.25) is 0 Å². The Morgan fingerprint density at radius 3 is 2.29 bits per heavy atom. The summed E-state index contributed by atoms with van der Waals surface area (Å²) in [4.78, 5) is 9.05. The van der Waals surface area contributed by atoms with Crippen LogP contribution in [0.15, 0.2) is 18.2 Å². The van der Waals surface area contributed by atoms with Gasteiger partial charge in [0.1, 0.15) is 17.7 Å². The van der Waals surface area contributed by atoms with E-state index in [1.807, 2.05) is 12.1 Å². The Kier molecular flexibility index (Phi) is 5.66. The Hall–Kier alpha value is -2.92. The van der Waals surface area contributed by atoms with Gasteiger partial charge in [-0.3, -0.25) is 0 Å². The number of hydrogen-bond donors (Lipinski definition) is 0. The fourth-order valence-electron chi connectivity index (χ4n) is 3.59. The van der Waals surface area contributed by atoms with Crippen molar-refractivity contribution in [2.45, 2.75) is 71.8 Å². The minimum absolute atomic E-state index is 0.0147. The lowest BCUT2D eigenvalue weighted by Crippen LogP contribution is -2.10. The van der Waals surface area contributed by atoms with Crippen LogP contribution in [0.25, 0.3) is 22.1 Å². The van der Waals surface area contributed by atoms with Gasteiger partial charge in [0.15, 0.2) is 17.0 Å². The summed E-state index contributed by atoms with van der Waals surface area (Å²) >= 11 is 0. The largest absolute Gasteiger partial charge is 0.324 e. The number of nitrogens with zero attached hydrogens (tertiary/aromatic N) is 5. The highest BCUT2D eigenvalue weighted by Crippen LogP contribution is 2.32. The standard InChI is InChI=1S/C23H27N5/c1-5-6-7-8-9-12-28-20-11-10-16(23(2,3)4)13-17(20)21-22(28)27-19(15-25)18(14-24)26-21/h10-11,13H,5-9,12H2,1-4H3. The normalized spacial score (nSPS) is 11.6. The number of benzene rings is 1. The van der Waals surface area contributed by atoms with Gasteiger partial charge in [0.25, 0.3) is 0 Å². The van der Waals surface area contributed by atoms with E-state index in [-0.39, 0.29) is 16.8 Å². The Balaban J connectivity index is 2.18. The SMILES string of the molecule is CCCCCCCn1c2ccc(C(C)(C)C)cc2c2nc(C#N)c(C#N)nc21. The first kappa shape index (κ1) is 19.8. The minimum atomic E-state index is 0.0147. The number of aryl methyl sites for hydroxylation is 1. The average Bonchev–Trinajstić information content (AvgIpc) is 2.98. The van der Waals surface area contributed by atoms with Crippen molar-refractivity contribution in [3.05, 3.63) is 35.2 Å². The minimum Gasteiger partial charge on any atom is -0.324 e. The molecule has 5 nitrogen and oxygen atoms in total. The second kappa shape index (κ2) is 7.98. The first-order valence-corrected chi connectivity index (χ1v) is 10.1. The molecule has 0 unspecified atom stereocenters. The van der Waals surface area contributed by atoms with Gasteiger partial charge in [-0.2, -0.15) is 10.5 Å². The third-order valence-corrected chi connectivity index (χ3v) is 5.24. The van der Waals surface area contributed by atoms with Crippen molar-refractivity contribution in [1.82, 2.24) is 14.5 Å². The molecule has 2 aromatic heterocycles. The van der Waals surface area contributed by atoms with Crippen molar-refractivity contribution < 1.29 is 0 Å². The lowest BCUT2D eigenvalue weighted by atomic mass is 9.86. The van der Waals surface area contributed by atoms with E-state index in [1.54, 1.807) is 0 Å². The molecule has 3 rings (SSSR count). The van der Waals surface area contributed by atoms with E-state index in [1.165, 1.54) is 31.2 Å². The Morgan fingerprint density at radius 2 is 1.64 bits per heavy atom. The molecule has 0 N–H and O–H groups in total. The summed E-state index contributed by atoms with van der Waals surface area (Å²) in [6.07, 6.45) is 5.94. The number of aromatic nitrogens is 3. The van der Waals surface area contributed by atoms with Crippen LogP contribution < -0.4 is 0 Å². The zero-order valence-corrected chi connectivity index (χ0v) is 17.2. The zero-order valence-electron chi connectivity index (χ0n) is 17.2. The fourth-order valence-corrected chi connectivity index (χ4v) is 3.59. The molecule has 0 radical (unpaired) electrons. The highest BCUT2D eigenvalue weighted by atomic mass is 15.1. The maximum atomic E-state index is 9.39. The Bertz CT molecular complexity index is 1090. The molecular weight excluding hydrogens is 346 g/mol. The average molecular weight is 374 g/mol.